The number of nitrogens with one attached hydrogen (secondary N) is 2. The molecule has 0 spiro atoms. The Labute approximate surface area is 228 Å². The number of aromatic hydroxyl groups is 1. The number of benzene rings is 2. The summed E-state index contributed by atoms with van der Waals surface area (Å²) in [5.41, 5.74) is 7.86. The molecule has 7 nitrogen and oxygen atoms in total. The number of carbonyl (C=O) groups is 1. The number of aryl methyl sites for hydroxylation is 2. The van der Waals surface area contributed by atoms with Crippen molar-refractivity contribution in [1.29, 1.82) is 0 Å². The molecule has 194 valence electrons. The summed E-state index contributed by atoms with van der Waals surface area (Å²) in [6.07, 6.45) is 2.22. The molecule has 38 heavy (non-hydrogen) atoms. The molecule has 1 saturated heterocycles. The van der Waals surface area contributed by atoms with Crippen LogP contribution >= 0.6 is 12.2 Å². The molecule has 2 aromatic heterocycles. The number of thiocarbonyl (C=S) groups is 1. The summed E-state index contributed by atoms with van der Waals surface area (Å²) in [5, 5.41) is 16.9. The maximum Gasteiger partial charge on any atom is 0.224 e. The van der Waals surface area contributed by atoms with Crippen molar-refractivity contribution in [1.82, 2.24) is 14.9 Å². The van der Waals surface area contributed by atoms with Crippen LogP contribution in [0.1, 0.15) is 53.6 Å². The second-order valence-corrected chi connectivity index (χ2v) is 9.96. The lowest BCUT2D eigenvalue weighted by atomic mass is 9.96. The molecule has 0 radical (unpaired) electrons. The molecule has 1 fully saturated rings. The zero-order chi connectivity index (χ0) is 27.0. The zero-order valence-electron chi connectivity index (χ0n) is 21.9. The first-order valence-electron chi connectivity index (χ1n) is 12.7. The summed E-state index contributed by atoms with van der Waals surface area (Å²) in [6, 6.07) is 21.0. The van der Waals surface area contributed by atoms with Gasteiger partial charge in [0.1, 0.15) is 5.75 Å². The summed E-state index contributed by atoms with van der Waals surface area (Å²) in [6.45, 7) is 8.02. The quantitative estimate of drug-likeness (QED) is 0.267. The highest BCUT2D eigenvalue weighted by Crippen LogP contribution is 2.44. The first kappa shape index (κ1) is 25.5. The minimum absolute atomic E-state index is 0.0195. The number of phenols is 1. The minimum atomic E-state index is -0.169. The van der Waals surface area contributed by atoms with Crippen LogP contribution in [0.4, 0.5) is 11.4 Å². The molecule has 0 unspecified atom stereocenters. The second kappa shape index (κ2) is 10.3. The molecule has 1 aliphatic rings. The fourth-order valence-electron chi connectivity index (χ4n) is 5.21. The Morgan fingerprint density at radius 3 is 2.45 bits per heavy atom. The Hall–Kier alpha value is -4.17. The Morgan fingerprint density at radius 1 is 1.05 bits per heavy atom. The third kappa shape index (κ3) is 4.63. The lowest BCUT2D eigenvalue weighted by Gasteiger charge is -2.29. The van der Waals surface area contributed by atoms with Gasteiger partial charge in [0.05, 0.1) is 17.8 Å². The van der Waals surface area contributed by atoms with Crippen molar-refractivity contribution in [3.63, 3.8) is 0 Å². The standard InChI is InChI=1S/C30H31N5O2S/c1-5-27(37)32-25-14-11-22(16-18(25)2)35-29(28(33-30(35)38)26-8-6-7-15-31-26)24-17-19(3)34(20(24)4)21-9-12-23(36)13-10-21/h6-17,28-29,36H,5H2,1-4H3,(H,32,37)(H,33,38)/t28-,29-/m0/s1. The number of nitrogens with zero attached hydrogens (tertiary/aromatic N) is 3. The highest BCUT2D eigenvalue weighted by molar-refractivity contribution is 7.80. The molecule has 4 aromatic rings. The number of aromatic nitrogens is 2. The van der Waals surface area contributed by atoms with Crippen molar-refractivity contribution in [2.75, 3.05) is 10.2 Å². The van der Waals surface area contributed by atoms with E-state index in [-0.39, 0.29) is 23.7 Å². The van der Waals surface area contributed by atoms with Crippen LogP contribution in [0, 0.1) is 20.8 Å². The van der Waals surface area contributed by atoms with Gasteiger partial charge in [-0.15, -0.1) is 0 Å². The molecule has 1 amide bonds. The van der Waals surface area contributed by atoms with Crippen molar-refractivity contribution in [3.05, 3.63) is 101 Å². The van der Waals surface area contributed by atoms with Crippen molar-refractivity contribution in [3.8, 4) is 11.4 Å². The Bertz CT molecular complexity index is 1500. The number of rotatable bonds is 6. The van der Waals surface area contributed by atoms with Gasteiger partial charge in [-0.1, -0.05) is 13.0 Å². The third-order valence-corrected chi connectivity index (χ3v) is 7.39. The second-order valence-electron chi connectivity index (χ2n) is 9.58. The van der Waals surface area contributed by atoms with E-state index in [9.17, 15) is 9.90 Å². The van der Waals surface area contributed by atoms with Crippen LogP contribution in [0.5, 0.6) is 5.75 Å². The van der Waals surface area contributed by atoms with Crippen molar-refractivity contribution >= 4 is 34.6 Å². The summed E-state index contributed by atoms with van der Waals surface area (Å²) in [4.78, 5) is 18.8. The number of pyridine rings is 1. The van der Waals surface area contributed by atoms with E-state index < -0.39 is 0 Å². The summed E-state index contributed by atoms with van der Waals surface area (Å²) < 4.78 is 2.19. The normalized spacial score (nSPS) is 16.9. The maximum atomic E-state index is 12.0. The van der Waals surface area contributed by atoms with E-state index in [2.05, 4.69) is 51.1 Å². The van der Waals surface area contributed by atoms with Gasteiger partial charge in [-0.25, -0.2) is 0 Å². The molecule has 2 atom stereocenters. The van der Waals surface area contributed by atoms with Crippen LogP contribution in [0.25, 0.3) is 5.69 Å². The Kier molecular flexibility index (Phi) is 6.91. The lowest BCUT2D eigenvalue weighted by molar-refractivity contribution is -0.115. The van der Waals surface area contributed by atoms with E-state index in [1.165, 1.54) is 0 Å². The topological polar surface area (TPSA) is 82.4 Å². The monoisotopic (exact) mass is 525 g/mol. The first-order chi connectivity index (χ1) is 18.3. The summed E-state index contributed by atoms with van der Waals surface area (Å²) in [7, 11) is 0. The van der Waals surface area contributed by atoms with Crippen LogP contribution in [-0.4, -0.2) is 25.7 Å². The van der Waals surface area contributed by atoms with Gasteiger partial charge in [0, 0.05) is 41.1 Å². The van der Waals surface area contributed by atoms with E-state index in [1.54, 1.807) is 18.3 Å². The van der Waals surface area contributed by atoms with Crippen LogP contribution in [-0.2, 0) is 4.79 Å². The predicted octanol–water partition coefficient (Wildman–Crippen LogP) is 6.03. The predicted molar refractivity (Wildman–Crippen MR) is 155 cm³/mol. The summed E-state index contributed by atoms with van der Waals surface area (Å²) in [5.74, 6) is 0.214. The number of anilines is 2. The average Bonchev–Trinajstić information content (AvgIpc) is 3.41. The van der Waals surface area contributed by atoms with Gasteiger partial charge in [-0.05, 0) is 105 Å². The number of phenolic OH excluding ortho intramolecular Hbond substituents is 1. The zero-order valence-corrected chi connectivity index (χ0v) is 22.7. The molecular formula is C30H31N5O2S. The number of carbonyl (C=O) groups excluding carboxylic acids is 1. The van der Waals surface area contributed by atoms with Crippen molar-refractivity contribution in [2.45, 2.75) is 46.2 Å². The van der Waals surface area contributed by atoms with E-state index in [0.717, 1.165) is 45.3 Å². The minimum Gasteiger partial charge on any atom is -0.508 e. The van der Waals surface area contributed by atoms with Crippen LogP contribution in [0.15, 0.2) is 72.9 Å². The molecule has 0 aliphatic carbocycles. The van der Waals surface area contributed by atoms with Crippen LogP contribution in [0.2, 0.25) is 0 Å². The Morgan fingerprint density at radius 2 is 1.79 bits per heavy atom. The molecule has 0 saturated carbocycles. The molecule has 2 aromatic carbocycles. The molecule has 0 bridgehead atoms. The Balaban J connectivity index is 1.63. The summed E-state index contributed by atoms with van der Waals surface area (Å²) >= 11 is 5.91. The van der Waals surface area contributed by atoms with Crippen LogP contribution in [0.3, 0.4) is 0 Å². The fraction of sp³-hybridized carbons (Fsp3) is 0.233. The average molecular weight is 526 g/mol. The van der Waals surface area contributed by atoms with E-state index in [4.69, 9.17) is 12.2 Å². The van der Waals surface area contributed by atoms with Gasteiger partial charge >= 0.3 is 0 Å². The SMILES string of the molecule is CCC(=O)Nc1ccc(N2C(=S)N[C@@H](c3ccccn3)[C@@H]2c2cc(C)n(-c3ccc(O)cc3)c2C)cc1C. The van der Waals surface area contributed by atoms with Gasteiger partial charge in [-0.2, -0.15) is 0 Å². The van der Waals surface area contributed by atoms with E-state index >= 15 is 0 Å². The molecule has 1 aliphatic heterocycles. The number of amides is 1. The lowest BCUT2D eigenvalue weighted by Crippen LogP contribution is -2.29. The molecule has 3 N–H and O–H groups in total. The van der Waals surface area contributed by atoms with Gasteiger partial charge < -0.3 is 25.2 Å². The highest BCUT2D eigenvalue weighted by Gasteiger charge is 2.42. The van der Waals surface area contributed by atoms with E-state index in [0.29, 0.717) is 11.5 Å². The highest BCUT2D eigenvalue weighted by atomic mass is 32.1. The van der Waals surface area contributed by atoms with Gasteiger partial charge in [0.15, 0.2) is 5.11 Å². The maximum absolute atomic E-state index is 12.0. The smallest absolute Gasteiger partial charge is 0.224 e. The van der Waals surface area contributed by atoms with Crippen molar-refractivity contribution in [2.24, 2.45) is 0 Å². The van der Waals surface area contributed by atoms with E-state index in [1.807, 2.05) is 56.3 Å². The van der Waals surface area contributed by atoms with Crippen molar-refractivity contribution < 1.29 is 9.90 Å². The number of hydrogen-bond donors (Lipinski definition) is 3. The number of hydrogen-bond acceptors (Lipinski definition) is 4. The van der Waals surface area contributed by atoms with Gasteiger partial charge in [0.25, 0.3) is 0 Å². The molecule has 5 rings (SSSR count). The van der Waals surface area contributed by atoms with Gasteiger partial charge in [0.2, 0.25) is 5.91 Å². The largest absolute Gasteiger partial charge is 0.508 e. The first-order valence-corrected chi connectivity index (χ1v) is 13.1. The molecule has 8 heteroatoms. The third-order valence-electron chi connectivity index (χ3n) is 7.08. The fourth-order valence-corrected chi connectivity index (χ4v) is 5.56. The van der Waals surface area contributed by atoms with Gasteiger partial charge in [-0.3, -0.25) is 9.78 Å². The molecular weight excluding hydrogens is 494 g/mol. The molecule has 3 heterocycles. The van der Waals surface area contributed by atoms with Crippen LogP contribution < -0.4 is 15.5 Å².